The molecule has 0 aliphatic carbocycles. The van der Waals surface area contributed by atoms with E-state index in [1.165, 1.54) is 20.2 Å². The summed E-state index contributed by atoms with van der Waals surface area (Å²) in [6, 6.07) is 29.1. The number of hydrogen-bond donors (Lipinski definition) is 0. The average Bonchev–Trinajstić information content (AvgIpc) is 3.16. The van der Waals surface area contributed by atoms with Crippen LogP contribution in [0.15, 0.2) is 84.9 Å². The van der Waals surface area contributed by atoms with Gasteiger partial charge >= 0.3 is 0 Å². The van der Waals surface area contributed by atoms with Gasteiger partial charge in [-0.25, -0.2) is 4.98 Å². The van der Waals surface area contributed by atoms with Crippen molar-refractivity contribution in [1.82, 2.24) is 15.0 Å². The largest absolute Gasteiger partial charge is 0.226 e. The summed E-state index contributed by atoms with van der Waals surface area (Å²) in [6.07, 6.45) is 0. The highest BCUT2D eigenvalue weighted by Crippen LogP contribution is 2.36. The second-order valence-corrected chi connectivity index (χ2v) is 8.51. The van der Waals surface area contributed by atoms with Crippen LogP contribution in [0.25, 0.3) is 53.7 Å². The molecule has 0 N–H and O–H groups in total. The summed E-state index contributed by atoms with van der Waals surface area (Å²) < 4.78 is 2.52. The summed E-state index contributed by atoms with van der Waals surface area (Å²) in [4.78, 5) is 13.6. The maximum atomic E-state index is 6.33. The molecule has 4 aromatic carbocycles. The van der Waals surface area contributed by atoms with Crippen molar-refractivity contribution in [2.75, 3.05) is 0 Å². The van der Waals surface area contributed by atoms with Crippen LogP contribution in [0, 0.1) is 0 Å². The molecule has 6 aromatic rings. The van der Waals surface area contributed by atoms with Crippen molar-refractivity contribution in [1.29, 1.82) is 0 Å². The van der Waals surface area contributed by atoms with E-state index < -0.39 is 0 Å². The molecule has 0 saturated heterocycles. The first-order valence-electron chi connectivity index (χ1n) is 9.58. The van der Waals surface area contributed by atoms with Gasteiger partial charge in [0.05, 0.1) is 0 Å². The van der Waals surface area contributed by atoms with Crippen LogP contribution in [-0.2, 0) is 0 Å². The quantitative estimate of drug-likeness (QED) is 0.291. The molecule has 3 nitrogen and oxygen atoms in total. The average molecular weight is 424 g/mol. The second-order valence-electron chi connectivity index (χ2n) is 7.09. The molecule has 0 aliphatic rings. The molecule has 0 spiro atoms. The van der Waals surface area contributed by atoms with E-state index in [-0.39, 0.29) is 5.28 Å². The van der Waals surface area contributed by atoms with Gasteiger partial charge in [-0.3, -0.25) is 0 Å². The predicted molar refractivity (Wildman–Crippen MR) is 126 cm³/mol. The SMILES string of the molecule is Clc1nc(-c2ccc3sc4ccccc4c3c2)nc(-c2cccc3ccccc23)n1. The predicted octanol–water partition coefficient (Wildman–Crippen LogP) is 7.38. The number of nitrogens with zero attached hydrogens (tertiary/aromatic N) is 3. The number of halogens is 1. The van der Waals surface area contributed by atoms with Crippen molar-refractivity contribution in [2.24, 2.45) is 0 Å². The van der Waals surface area contributed by atoms with Crippen LogP contribution in [0.3, 0.4) is 0 Å². The molecule has 0 saturated carbocycles. The Morgan fingerprint density at radius 1 is 0.600 bits per heavy atom. The molecule has 0 bridgehead atoms. The Morgan fingerprint density at radius 2 is 1.33 bits per heavy atom. The van der Waals surface area contributed by atoms with E-state index in [2.05, 4.69) is 70.6 Å². The van der Waals surface area contributed by atoms with E-state index in [1.54, 1.807) is 11.3 Å². The minimum Gasteiger partial charge on any atom is -0.208 e. The lowest BCUT2D eigenvalue weighted by atomic mass is 10.0. The van der Waals surface area contributed by atoms with Crippen molar-refractivity contribution in [3.8, 4) is 22.8 Å². The van der Waals surface area contributed by atoms with Crippen LogP contribution in [-0.4, -0.2) is 15.0 Å². The third kappa shape index (κ3) is 2.84. The highest BCUT2D eigenvalue weighted by atomic mass is 35.5. The number of benzene rings is 4. The Kier molecular flexibility index (Phi) is 4.01. The summed E-state index contributed by atoms with van der Waals surface area (Å²) in [5.74, 6) is 1.16. The number of aromatic nitrogens is 3. The Morgan fingerprint density at radius 3 is 2.27 bits per heavy atom. The minimum absolute atomic E-state index is 0.193. The first-order chi connectivity index (χ1) is 14.8. The monoisotopic (exact) mass is 423 g/mol. The van der Waals surface area contributed by atoms with E-state index in [9.17, 15) is 0 Å². The number of hydrogen-bond acceptors (Lipinski definition) is 4. The molecule has 0 aliphatic heterocycles. The topological polar surface area (TPSA) is 38.7 Å². The fraction of sp³-hybridized carbons (Fsp3) is 0. The Bertz CT molecular complexity index is 1570. The fourth-order valence-corrected chi connectivity index (χ4v) is 5.13. The lowest BCUT2D eigenvalue weighted by Gasteiger charge is -2.08. The van der Waals surface area contributed by atoms with Gasteiger partial charge in [-0.05, 0) is 46.6 Å². The van der Waals surface area contributed by atoms with Crippen molar-refractivity contribution < 1.29 is 0 Å². The zero-order valence-electron chi connectivity index (χ0n) is 15.7. The first-order valence-corrected chi connectivity index (χ1v) is 10.8. The number of thiophene rings is 1. The lowest BCUT2D eigenvalue weighted by molar-refractivity contribution is 1.07. The van der Waals surface area contributed by atoms with Gasteiger partial charge in [0.25, 0.3) is 0 Å². The molecule has 0 radical (unpaired) electrons. The summed E-state index contributed by atoms with van der Waals surface area (Å²) in [6.45, 7) is 0. The zero-order chi connectivity index (χ0) is 20.1. The Hall–Kier alpha value is -3.34. The molecule has 0 atom stereocenters. The molecule has 142 valence electrons. The molecular formula is C25H14ClN3S. The normalized spacial score (nSPS) is 11.5. The Labute approximate surface area is 181 Å². The van der Waals surface area contributed by atoms with E-state index in [1.807, 2.05) is 24.3 Å². The van der Waals surface area contributed by atoms with Crippen LogP contribution in [0.1, 0.15) is 0 Å². The molecule has 0 unspecified atom stereocenters. The molecule has 30 heavy (non-hydrogen) atoms. The van der Waals surface area contributed by atoms with Crippen molar-refractivity contribution >= 4 is 53.9 Å². The Balaban J connectivity index is 1.56. The van der Waals surface area contributed by atoms with Gasteiger partial charge < -0.3 is 0 Å². The van der Waals surface area contributed by atoms with Gasteiger partial charge in [-0.1, -0.05) is 60.7 Å². The summed E-state index contributed by atoms with van der Waals surface area (Å²) >= 11 is 8.12. The van der Waals surface area contributed by atoms with E-state index in [0.717, 1.165) is 21.9 Å². The smallest absolute Gasteiger partial charge is 0.208 e. The maximum absolute atomic E-state index is 6.33. The molecule has 2 aromatic heterocycles. The third-order valence-electron chi connectivity index (χ3n) is 5.27. The summed E-state index contributed by atoms with van der Waals surface area (Å²) in [5.41, 5.74) is 1.87. The zero-order valence-corrected chi connectivity index (χ0v) is 17.3. The standard InChI is InChI=1S/C25H14ClN3S/c26-25-28-23(16-12-13-22-20(14-16)18-9-3-4-11-21(18)30-22)27-24(29-25)19-10-5-7-15-6-1-2-8-17(15)19/h1-14H. The van der Waals surface area contributed by atoms with Crippen molar-refractivity contribution in [3.05, 3.63) is 90.2 Å². The highest BCUT2D eigenvalue weighted by Gasteiger charge is 2.13. The second kappa shape index (κ2) is 6.87. The molecule has 2 heterocycles. The van der Waals surface area contributed by atoms with Crippen LogP contribution < -0.4 is 0 Å². The lowest BCUT2D eigenvalue weighted by Crippen LogP contribution is -1.97. The van der Waals surface area contributed by atoms with Crippen molar-refractivity contribution in [3.63, 3.8) is 0 Å². The third-order valence-corrected chi connectivity index (χ3v) is 6.59. The molecule has 0 amide bonds. The maximum Gasteiger partial charge on any atom is 0.226 e. The van der Waals surface area contributed by atoms with Gasteiger partial charge in [0.15, 0.2) is 11.6 Å². The molecule has 5 heteroatoms. The van der Waals surface area contributed by atoms with Crippen LogP contribution in [0.2, 0.25) is 5.28 Å². The van der Waals surface area contributed by atoms with Crippen molar-refractivity contribution in [2.45, 2.75) is 0 Å². The van der Waals surface area contributed by atoms with Gasteiger partial charge in [0, 0.05) is 31.3 Å². The van der Waals surface area contributed by atoms with Gasteiger partial charge in [0.2, 0.25) is 5.28 Å². The minimum atomic E-state index is 0.193. The number of rotatable bonds is 2. The summed E-state index contributed by atoms with van der Waals surface area (Å²) in [5, 5.41) is 4.87. The van der Waals surface area contributed by atoms with Crippen LogP contribution in [0.4, 0.5) is 0 Å². The van der Waals surface area contributed by atoms with E-state index in [4.69, 9.17) is 16.6 Å². The van der Waals surface area contributed by atoms with Gasteiger partial charge in [-0.2, -0.15) is 9.97 Å². The number of fused-ring (bicyclic) bond motifs is 4. The molecule has 6 rings (SSSR count). The van der Waals surface area contributed by atoms with Crippen LogP contribution >= 0.6 is 22.9 Å². The highest BCUT2D eigenvalue weighted by molar-refractivity contribution is 7.25. The van der Waals surface area contributed by atoms with E-state index in [0.29, 0.717) is 11.6 Å². The van der Waals surface area contributed by atoms with E-state index >= 15 is 0 Å². The molecular weight excluding hydrogens is 410 g/mol. The van der Waals surface area contributed by atoms with Gasteiger partial charge in [-0.15, -0.1) is 11.3 Å². The first kappa shape index (κ1) is 17.5. The fourth-order valence-electron chi connectivity index (χ4n) is 3.89. The summed E-state index contributed by atoms with van der Waals surface area (Å²) in [7, 11) is 0. The molecule has 0 fully saturated rings. The van der Waals surface area contributed by atoms with Crippen LogP contribution in [0.5, 0.6) is 0 Å². The van der Waals surface area contributed by atoms with Gasteiger partial charge in [0.1, 0.15) is 0 Å².